The number of ether oxygens (including phenoxy) is 4. The minimum Gasteiger partial charge on any atom is -0.870 e. The zero-order chi connectivity index (χ0) is 33.2. The average Bonchev–Trinajstić information content (AvgIpc) is 2.90. The van der Waals surface area contributed by atoms with Gasteiger partial charge in [0, 0.05) is 24.2 Å². The maximum Gasteiger partial charge on any atom is 1.00 e. The van der Waals surface area contributed by atoms with Crippen LogP contribution < -0.4 is 56.7 Å². The van der Waals surface area contributed by atoms with Gasteiger partial charge in [-0.25, -0.2) is 0 Å². The van der Waals surface area contributed by atoms with E-state index in [1.54, 1.807) is 25.7 Å². The monoisotopic (exact) mass is 659 g/mol. The molecule has 254 valence electrons. The van der Waals surface area contributed by atoms with Crippen molar-refractivity contribution in [1.82, 2.24) is 10.2 Å². The largest absolute Gasteiger partial charge is 1.00 e. The second-order valence-electron chi connectivity index (χ2n) is 10.1. The van der Waals surface area contributed by atoms with Gasteiger partial charge < -0.3 is 39.4 Å². The number of carbonyl (C=O) groups is 5. The Morgan fingerprint density at radius 3 is 1.52 bits per heavy atom. The second kappa shape index (κ2) is 31.6. The first kappa shape index (κ1) is 52.1. The molecule has 44 heavy (non-hydrogen) atoms. The number of hydrogen-bond donors (Lipinski definition) is 1. The molecule has 14 heteroatoms. The van der Waals surface area contributed by atoms with E-state index in [1.807, 2.05) is 27.7 Å². The first-order valence-corrected chi connectivity index (χ1v) is 14.6. The van der Waals surface area contributed by atoms with Crippen molar-refractivity contribution in [3.8, 4) is 0 Å². The molecule has 0 saturated heterocycles. The minimum absolute atomic E-state index is 0. The van der Waals surface area contributed by atoms with Gasteiger partial charge in [-0.2, -0.15) is 0 Å². The summed E-state index contributed by atoms with van der Waals surface area (Å²) in [6.07, 6.45) is 3.20. The number of esters is 4. The molecule has 0 unspecified atom stereocenters. The molecule has 0 bridgehead atoms. The molecular weight excluding hydrogens is 603 g/mol. The molecule has 0 aromatic rings. The van der Waals surface area contributed by atoms with Crippen LogP contribution >= 0.6 is 0 Å². The summed E-state index contributed by atoms with van der Waals surface area (Å²) in [5.74, 6) is -1.86. The Kier molecular flexibility index (Phi) is 37.4. The van der Waals surface area contributed by atoms with Gasteiger partial charge in [-0.05, 0) is 68.2 Å². The smallest absolute Gasteiger partial charge is 0.870 e. The first-order chi connectivity index (χ1) is 19.6. The van der Waals surface area contributed by atoms with E-state index in [1.165, 1.54) is 6.29 Å². The van der Waals surface area contributed by atoms with E-state index in [-0.39, 0.29) is 113 Å². The Labute approximate surface area is 306 Å². The van der Waals surface area contributed by atoms with E-state index < -0.39 is 17.5 Å². The fourth-order valence-corrected chi connectivity index (χ4v) is 2.96. The van der Waals surface area contributed by atoms with E-state index >= 15 is 0 Å². The van der Waals surface area contributed by atoms with Crippen molar-refractivity contribution in [2.75, 3.05) is 39.5 Å². The van der Waals surface area contributed by atoms with E-state index in [2.05, 4.69) is 30.8 Å². The summed E-state index contributed by atoms with van der Waals surface area (Å²) in [5.41, 5.74) is -0.317. The van der Waals surface area contributed by atoms with Crippen molar-refractivity contribution in [3.63, 3.8) is 0 Å². The number of hydrogen-bond acceptors (Lipinski definition) is 12. The standard InChI is InChI=1S/C15H27NO5.C10H21NO2.C5H7O3.K.H2O/c1-6-15(4,5)16(10-9-13(18)20-7-2)12(17)11-14(19)21-8-3;1-5-10(3,4)11-8-7-9(12)13-6-2;1-2-8-5(7)3-4-6;;/h6-11H2,1-5H3;11H,5-8H2,1-4H3;2-3H2,1H3;;1H2/q;;-1;+1;/p-1. The summed E-state index contributed by atoms with van der Waals surface area (Å²) in [6.45, 7) is 21.3. The molecular formula is C30H56KN2O11-. The van der Waals surface area contributed by atoms with Crippen LogP contribution in [0, 0.1) is 0 Å². The van der Waals surface area contributed by atoms with Gasteiger partial charge in [-0.3, -0.25) is 30.3 Å². The van der Waals surface area contributed by atoms with Gasteiger partial charge in [0.15, 0.2) is 0 Å². The number of amides is 1. The zero-order valence-electron chi connectivity index (χ0n) is 29.0. The Hall–Kier alpha value is -1.42. The Morgan fingerprint density at radius 2 is 1.11 bits per heavy atom. The van der Waals surface area contributed by atoms with Gasteiger partial charge in [-0.15, -0.1) is 0 Å². The Morgan fingerprint density at radius 1 is 0.682 bits per heavy atom. The van der Waals surface area contributed by atoms with Gasteiger partial charge >= 0.3 is 69.3 Å². The van der Waals surface area contributed by atoms with E-state index in [0.29, 0.717) is 39.2 Å². The summed E-state index contributed by atoms with van der Waals surface area (Å²) in [7, 11) is 0. The molecule has 0 spiro atoms. The molecule has 2 N–H and O–H groups in total. The van der Waals surface area contributed by atoms with Crippen LogP contribution in [-0.4, -0.2) is 97.0 Å². The summed E-state index contributed by atoms with van der Waals surface area (Å²) >= 11 is 0. The molecule has 0 aromatic carbocycles. The van der Waals surface area contributed by atoms with Gasteiger partial charge in [0.2, 0.25) is 5.91 Å². The third-order valence-electron chi connectivity index (χ3n) is 5.99. The molecule has 0 radical (unpaired) electrons. The van der Waals surface area contributed by atoms with Crippen molar-refractivity contribution < 1.29 is 105 Å². The molecule has 0 aliphatic rings. The maximum absolute atomic E-state index is 12.3. The van der Waals surface area contributed by atoms with Gasteiger partial charge in [-0.1, -0.05) is 20.3 Å². The van der Waals surface area contributed by atoms with E-state index in [9.17, 15) is 28.8 Å². The molecule has 0 aliphatic carbocycles. The molecule has 0 aliphatic heterocycles. The molecule has 0 atom stereocenters. The summed E-state index contributed by atoms with van der Waals surface area (Å²) < 4.78 is 18.9. The van der Waals surface area contributed by atoms with Crippen LogP contribution in [0.1, 0.15) is 108 Å². The normalized spacial score (nSPS) is 10.0. The third kappa shape index (κ3) is 30.6. The second-order valence-corrected chi connectivity index (χ2v) is 10.1. The fraction of sp³-hybridized carbons (Fsp3) is 0.800. The van der Waals surface area contributed by atoms with Crippen LogP contribution in [0.25, 0.3) is 0 Å². The predicted molar refractivity (Wildman–Crippen MR) is 161 cm³/mol. The Bertz CT molecular complexity index is 806. The minimum atomic E-state index is -0.546. The number of carbonyl (C=O) groups excluding carboxylic acids is 6. The van der Waals surface area contributed by atoms with Crippen molar-refractivity contribution >= 4 is 36.1 Å². The van der Waals surface area contributed by atoms with Crippen molar-refractivity contribution in [2.45, 2.75) is 119 Å². The fourth-order valence-electron chi connectivity index (χ4n) is 2.96. The Balaban J connectivity index is -0.000000189. The van der Waals surface area contributed by atoms with Gasteiger partial charge in [0.25, 0.3) is 5.97 Å². The van der Waals surface area contributed by atoms with Crippen LogP contribution in [0.2, 0.25) is 0 Å². The van der Waals surface area contributed by atoms with Crippen LogP contribution in [0.15, 0.2) is 0 Å². The van der Waals surface area contributed by atoms with Crippen LogP contribution in [0.3, 0.4) is 0 Å². The van der Waals surface area contributed by atoms with Crippen LogP contribution in [0.5, 0.6) is 0 Å². The SMILES string of the molecule is CCOC(=O)CCN(C(=O)CC(=O)OCC)C(C)(C)CC.CCOC(=O)CCNC(C)(C)CC.CCOC(=O)C[C-]=O.[K+].[OH-]. The predicted octanol–water partition coefficient (Wildman–Crippen LogP) is 0.504. The maximum atomic E-state index is 12.3. The van der Waals surface area contributed by atoms with Crippen molar-refractivity contribution in [2.24, 2.45) is 0 Å². The van der Waals surface area contributed by atoms with Crippen molar-refractivity contribution in [3.05, 3.63) is 0 Å². The summed E-state index contributed by atoms with van der Waals surface area (Å²) in [6, 6.07) is 0. The number of rotatable bonds is 18. The molecule has 0 aromatic heterocycles. The summed E-state index contributed by atoms with van der Waals surface area (Å²) in [5, 5.41) is 3.30. The van der Waals surface area contributed by atoms with Crippen molar-refractivity contribution in [1.29, 1.82) is 0 Å². The molecule has 0 fully saturated rings. The average molecular weight is 660 g/mol. The number of nitrogens with zero attached hydrogens (tertiary/aromatic N) is 1. The molecule has 1 amide bonds. The topological polar surface area (TPSA) is 185 Å². The van der Waals surface area contributed by atoms with E-state index in [0.717, 1.165) is 6.42 Å². The molecule has 0 rings (SSSR count). The van der Waals surface area contributed by atoms with E-state index in [4.69, 9.17) is 14.2 Å². The summed E-state index contributed by atoms with van der Waals surface area (Å²) in [4.78, 5) is 67.3. The molecule has 0 saturated carbocycles. The number of nitrogens with one attached hydrogen (secondary N) is 1. The molecule has 0 heterocycles. The third-order valence-corrected chi connectivity index (χ3v) is 5.99. The molecule has 13 nitrogen and oxygen atoms in total. The van der Waals surface area contributed by atoms with Gasteiger partial charge in [0.05, 0.1) is 39.3 Å². The van der Waals surface area contributed by atoms with Gasteiger partial charge in [0.1, 0.15) is 6.42 Å². The quantitative estimate of drug-likeness (QED) is 0.0708. The van der Waals surface area contributed by atoms with Crippen LogP contribution in [0.4, 0.5) is 0 Å². The zero-order valence-corrected chi connectivity index (χ0v) is 32.1. The first-order valence-electron chi connectivity index (χ1n) is 14.6. The van der Waals surface area contributed by atoms with Crippen LogP contribution in [-0.2, 0) is 47.7 Å².